The standard InChI is InChI=1S/C17H21N3O2/c1-13-8-9-17(22)20(12-13)10-3-2-7-16(21)19-15-6-4-5-14(18)11-15/h4-6,8-9,11-12H,2-3,7,10,18H2,1H3,(H,19,21). The Bertz CT molecular complexity index is 707. The normalized spacial score (nSPS) is 10.4. The van der Waals surface area contributed by atoms with E-state index in [1.165, 1.54) is 0 Å². The van der Waals surface area contributed by atoms with Crippen LogP contribution in [0.2, 0.25) is 0 Å². The molecule has 0 fully saturated rings. The molecular weight excluding hydrogens is 278 g/mol. The molecule has 1 aromatic carbocycles. The van der Waals surface area contributed by atoms with Crippen LogP contribution in [-0.4, -0.2) is 10.5 Å². The number of anilines is 2. The first-order valence-electron chi connectivity index (χ1n) is 7.37. The van der Waals surface area contributed by atoms with Gasteiger partial charge in [0.05, 0.1) is 0 Å². The highest BCUT2D eigenvalue weighted by Gasteiger charge is 2.03. The van der Waals surface area contributed by atoms with Gasteiger partial charge in [-0.3, -0.25) is 9.59 Å². The van der Waals surface area contributed by atoms with Crippen LogP contribution in [0.5, 0.6) is 0 Å². The first-order valence-corrected chi connectivity index (χ1v) is 7.37. The lowest BCUT2D eigenvalue weighted by Crippen LogP contribution is -2.19. The average Bonchev–Trinajstić information content (AvgIpc) is 2.47. The van der Waals surface area contributed by atoms with Gasteiger partial charge in [0.1, 0.15) is 0 Å². The van der Waals surface area contributed by atoms with Crippen LogP contribution in [-0.2, 0) is 11.3 Å². The second-order valence-corrected chi connectivity index (χ2v) is 5.37. The fourth-order valence-electron chi connectivity index (χ4n) is 2.23. The molecule has 0 atom stereocenters. The molecule has 0 unspecified atom stereocenters. The fraction of sp³-hybridized carbons (Fsp3) is 0.294. The lowest BCUT2D eigenvalue weighted by molar-refractivity contribution is -0.116. The van der Waals surface area contributed by atoms with Crippen molar-refractivity contribution in [2.75, 3.05) is 11.1 Å². The number of nitrogens with one attached hydrogen (secondary N) is 1. The first kappa shape index (κ1) is 15.8. The van der Waals surface area contributed by atoms with E-state index in [0.717, 1.165) is 18.4 Å². The number of hydrogen-bond acceptors (Lipinski definition) is 3. The molecule has 1 heterocycles. The Balaban J connectivity index is 1.75. The third-order valence-corrected chi connectivity index (χ3v) is 3.35. The highest BCUT2D eigenvalue weighted by molar-refractivity contribution is 5.91. The van der Waals surface area contributed by atoms with E-state index >= 15 is 0 Å². The summed E-state index contributed by atoms with van der Waals surface area (Å²) in [5, 5.41) is 2.81. The predicted octanol–water partition coefficient (Wildman–Crippen LogP) is 2.55. The maximum atomic E-state index is 11.8. The number of aryl methyl sites for hydroxylation is 2. The summed E-state index contributed by atoms with van der Waals surface area (Å²) in [6.45, 7) is 2.58. The Morgan fingerprint density at radius 2 is 2.05 bits per heavy atom. The van der Waals surface area contributed by atoms with Crippen molar-refractivity contribution in [1.82, 2.24) is 4.57 Å². The summed E-state index contributed by atoms with van der Waals surface area (Å²) < 4.78 is 1.69. The van der Waals surface area contributed by atoms with Crippen LogP contribution >= 0.6 is 0 Å². The summed E-state index contributed by atoms with van der Waals surface area (Å²) in [6, 6.07) is 10.5. The van der Waals surface area contributed by atoms with E-state index in [9.17, 15) is 9.59 Å². The largest absolute Gasteiger partial charge is 0.399 e. The molecule has 1 amide bonds. The molecule has 22 heavy (non-hydrogen) atoms. The van der Waals surface area contributed by atoms with Crippen molar-refractivity contribution in [2.45, 2.75) is 32.7 Å². The van der Waals surface area contributed by atoms with Gasteiger partial charge in [-0.15, -0.1) is 0 Å². The van der Waals surface area contributed by atoms with Crippen molar-refractivity contribution in [3.05, 3.63) is 58.5 Å². The SMILES string of the molecule is Cc1ccc(=O)n(CCCCC(=O)Nc2cccc(N)c2)c1. The summed E-state index contributed by atoms with van der Waals surface area (Å²) in [5.74, 6) is -0.0396. The maximum absolute atomic E-state index is 11.8. The van der Waals surface area contributed by atoms with Crippen molar-refractivity contribution in [1.29, 1.82) is 0 Å². The molecule has 0 aliphatic rings. The van der Waals surface area contributed by atoms with E-state index < -0.39 is 0 Å². The van der Waals surface area contributed by atoms with Crippen molar-refractivity contribution in [3.63, 3.8) is 0 Å². The molecule has 2 rings (SSSR count). The van der Waals surface area contributed by atoms with Crippen LogP contribution in [0, 0.1) is 6.92 Å². The van der Waals surface area contributed by atoms with Gasteiger partial charge in [0.25, 0.3) is 5.56 Å². The van der Waals surface area contributed by atoms with Gasteiger partial charge in [-0.25, -0.2) is 0 Å². The molecule has 0 spiro atoms. The van der Waals surface area contributed by atoms with Crippen LogP contribution in [0.1, 0.15) is 24.8 Å². The van der Waals surface area contributed by atoms with Crippen LogP contribution < -0.4 is 16.6 Å². The molecular formula is C17H21N3O2. The lowest BCUT2D eigenvalue weighted by Gasteiger charge is -2.07. The van der Waals surface area contributed by atoms with E-state index in [4.69, 9.17) is 5.73 Å². The minimum atomic E-state index is -0.0396. The zero-order chi connectivity index (χ0) is 15.9. The van der Waals surface area contributed by atoms with Gasteiger partial charge in [0.15, 0.2) is 0 Å². The van der Waals surface area contributed by atoms with Gasteiger partial charge < -0.3 is 15.6 Å². The Hall–Kier alpha value is -2.56. The third kappa shape index (κ3) is 4.77. The summed E-state index contributed by atoms with van der Waals surface area (Å²) in [7, 11) is 0. The zero-order valence-corrected chi connectivity index (χ0v) is 12.7. The molecule has 0 aliphatic heterocycles. The molecule has 5 nitrogen and oxygen atoms in total. The van der Waals surface area contributed by atoms with Crippen LogP contribution in [0.25, 0.3) is 0 Å². The number of carbonyl (C=O) groups excluding carboxylic acids is 1. The zero-order valence-electron chi connectivity index (χ0n) is 12.7. The third-order valence-electron chi connectivity index (χ3n) is 3.35. The second kappa shape index (κ2) is 7.45. The molecule has 2 aromatic rings. The van der Waals surface area contributed by atoms with Gasteiger partial charge in [0, 0.05) is 36.6 Å². The number of unbranched alkanes of at least 4 members (excludes halogenated alkanes) is 1. The average molecular weight is 299 g/mol. The van der Waals surface area contributed by atoms with E-state index in [1.807, 2.05) is 13.1 Å². The topological polar surface area (TPSA) is 77.1 Å². The van der Waals surface area contributed by atoms with Crippen molar-refractivity contribution >= 4 is 17.3 Å². The van der Waals surface area contributed by atoms with Crippen molar-refractivity contribution in [3.8, 4) is 0 Å². The first-order chi connectivity index (χ1) is 10.5. The Morgan fingerprint density at radius 1 is 1.23 bits per heavy atom. The molecule has 0 bridgehead atoms. The van der Waals surface area contributed by atoms with E-state index in [2.05, 4.69) is 5.32 Å². The summed E-state index contributed by atoms with van der Waals surface area (Å²) in [5.41, 5.74) is 8.04. The minimum absolute atomic E-state index is 0.00480. The van der Waals surface area contributed by atoms with Crippen molar-refractivity contribution < 1.29 is 4.79 Å². The quantitative estimate of drug-likeness (QED) is 0.635. The Labute approximate surface area is 129 Å². The number of carbonyl (C=O) groups is 1. The molecule has 5 heteroatoms. The predicted molar refractivity (Wildman–Crippen MR) is 88.8 cm³/mol. The fourth-order valence-corrected chi connectivity index (χ4v) is 2.23. The number of rotatable bonds is 6. The number of nitrogens with zero attached hydrogens (tertiary/aromatic N) is 1. The van der Waals surface area contributed by atoms with Crippen molar-refractivity contribution in [2.24, 2.45) is 0 Å². The number of benzene rings is 1. The van der Waals surface area contributed by atoms with Crippen LogP contribution in [0.15, 0.2) is 47.4 Å². The Kier molecular flexibility index (Phi) is 5.36. The van der Waals surface area contributed by atoms with E-state index in [-0.39, 0.29) is 11.5 Å². The number of aromatic nitrogens is 1. The molecule has 3 N–H and O–H groups in total. The molecule has 116 valence electrons. The number of pyridine rings is 1. The molecule has 0 saturated heterocycles. The molecule has 0 radical (unpaired) electrons. The van der Waals surface area contributed by atoms with Gasteiger partial charge in [-0.2, -0.15) is 0 Å². The lowest BCUT2D eigenvalue weighted by atomic mass is 10.2. The molecule has 1 aromatic heterocycles. The monoisotopic (exact) mass is 299 g/mol. The van der Waals surface area contributed by atoms with Gasteiger partial charge in [-0.05, 0) is 43.5 Å². The van der Waals surface area contributed by atoms with Gasteiger partial charge in [-0.1, -0.05) is 12.1 Å². The van der Waals surface area contributed by atoms with Crippen LogP contribution in [0.4, 0.5) is 11.4 Å². The molecule has 0 aliphatic carbocycles. The van der Waals surface area contributed by atoms with Gasteiger partial charge >= 0.3 is 0 Å². The second-order valence-electron chi connectivity index (χ2n) is 5.37. The summed E-state index contributed by atoms with van der Waals surface area (Å²) >= 11 is 0. The number of nitrogens with two attached hydrogens (primary N) is 1. The summed E-state index contributed by atoms with van der Waals surface area (Å²) in [4.78, 5) is 23.5. The number of hydrogen-bond donors (Lipinski definition) is 2. The Morgan fingerprint density at radius 3 is 2.82 bits per heavy atom. The highest BCUT2D eigenvalue weighted by Crippen LogP contribution is 2.12. The minimum Gasteiger partial charge on any atom is -0.399 e. The van der Waals surface area contributed by atoms with Crippen LogP contribution in [0.3, 0.4) is 0 Å². The smallest absolute Gasteiger partial charge is 0.250 e. The highest BCUT2D eigenvalue weighted by atomic mass is 16.1. The van der Waals surface area contributed by atoms with E-state index in [1.54, 1.807) is 41.0 Å². The molecule has 0 saturated carbocycles. The van der Waals surface area contributed by atoms with Gasteiger partial charge in [0.2, 0.25) is 5.91 Å². The summed E-state index contributed by atoms with van der Waals surface area (Å²) in [6.07, 6.45) is 3.78. The maximum Gasteiger partial charge on any atom is 0.250 e. The van der Waals surface area contributed by atoms with E-state index in [0.29, 0.717) is 24.3 Å². The number of nitrogen functional groups attached to an aromatic ring is 1. The number of amides is 1.